The molecule has 0 radical (unpaired) electrons. The molecule has 1 atom stereocenters. The normalized spacial score (nSPS) is 23.1. The van der Waals surface area contributed by atoms with Crippen LogP contribution in [-0.4, -0.2) is 48.5 Å². The van der Waals surface area contributed by atoms with Gasteiger partial charge in [0.2, 0.25) is 5.91 Å². The first-order chi connectivity index (χ1) is 9.36. The largest absolute Gasteiger partial charge is 0.340 e. The highest BCUT2D eigenvalue weighted by Gasteiger charge is 2.37. The van der Waals surface area contributed by atoms with Gasteiger partial charge in [0.05, 0.1) is 5.69 Å². The maximum atomic E-state index is 12.3. The summed E-state index contributed by atoms with van der Waals surface area (Å²) in [5, 5.41) is 3.02. The summed E-state index contributed by atoms with van der Waals surface area (Å²) in [5.41, 5.74) is 2.03. The van der Waals surface area contributed by atoms with Crippen molar-refractivity contribution >= 4 is 17.4 Å². The smallest absolute Gasteiger partial charge is 0.248 e. The van der Waals surface area contributed by atoms with Crippen LogP contribution in [0.4, 0.5) is 11.5 Å². The molecule has 1 saturated heterocycles. The first-order valence-corrected chi connectivity index (χ1v) is 7.13. The van der Waals surface area contributed by atoms with Gasteiger partial charge in [-0.2, -0.15) is 0 Å². The molecule has 0 bridgehead atoms. The third-order valence-corrected chi connectivity index (χ3v) is 4.15. The number of fused-ring (bicyclic) bond motifs is 3. The molecular weight excluding hydrogens is 252 g/mol. The van der Waals surface area contributed by atoms with Crippen LogP contribution in [0.1, 0.15) is 26.3 Å². The van der Waals surface area contributed by atoms with Crippen molar-refractivity contribution in [2.75, 3.05) is 36.9 Å². The summed E-state index contributed by atoms with van der Waals surface area (Å²) in [4.78, 5) is 21.2. The molecule has 0 saturated carbocycles. The van der Waals surface area contributed by atoms with Gasteiger partial charge in [-0.1, -0.05) is 20.8 Å². The van der Waals surface area contributed by atoms with E-state index in [1.54, 1.807) is 0 Å². The van der Waals surface area contributed by atoms with E-state index in [2.05, 4.69) is 54.0 Å². The number of carbonyl (C=O) groups is 1. The molecule has 3 rings (SSSR count). The zero-order valence-corrected chi connectivity index (χ0v) is 12.6. The summed E-state index contributed by atoms with van der Waals surface area (Å²) in [5.74, 6) is 0.993. The fourth-order valence-corrected chi connectivity index (χ4v) is 2.80. The van der Waals surface area contributed by atoms with Gasteiger partial charge in [-0.3, -0.25) is 4.79 Å². The van der Waals surface area contributed by atoms with Gasteiger partial charge < -0.3 is 15.1 Å². The SMILES string of the molecule is CN1CCN2c3ncc(C(C)(C)C)cc3NC(=O)[C@H]2C1. The highest BCUT2D eigenvalue weighted by Crippen LogP contribution is 2.34. The highest BCUT2D eigenvalue weighted by molar-refractivity contribution is 6.03. The summed E-state index contributed by atoms with van der Waals surface area (Å²) in [7, 11) is 2.05. The lowest BCUT2D eigenvalue weighted by molar-refractivity contribution is -0.118. The standard InChI is InChI=1S/C15H22N4O/c1-15(2,3)10-7-11-13(16-8-10)19-6-5-18(4)9-12(19)14(20)17-11/h7-8,12H,5-6,9H2,1-4H3,(H,17,20)/t12-/m1/s1. The van der Waals surface area contributed by atoms with Crippen LogP contribution in [-0.2, 0) is 10.2 Å². The van der Waals surface area contributed by atoms with Gasteiger partial charge in [0.1, 0.15) is 6.04 Å². The molecule has 20 heavy (non-hydrogen) atoms. The first kappa shape index (κ1) is 13.4. The Morgan fingerprint density at radius 1 is 1.35 bits per heavy atom. The van der Waals surface area contributed by atoms with Crippen LogP contribution in [0.2, 0.25) is 0 Å². The fourth-order valence-electron chi connectivity index (χ4n) is 2.80. The van der Waals surface area contributed by atoms with Crippen LogP contribution >= 0.6 is 0 Å². The number of anilines is 2. The Bertz CT molecular complexity index is 549. The molecule has 2 aliphatic rings. The second-order valence-corrected chi connectivity index (χ2v) is 6.81. The fraction of sp³-hybridized carbons (Fsp3) is 0.600. The van der Waals surface area contributed by atoms with Gasteiger partial charge in [0, 0.05) is 25.8 Å². The third-order valence-electron chi connectivity index (χ3n) is 4.15. The summed E-state index contributed by atoms with van der Waals surface area (Å²) in [6, 6.07) is 1.95. The number of nitrogens with zero attached hydrogens (tertiary/aromatic N) is 3. The number of pyridine rings is 1. The van der Waals surface area contributed by atoms with E-state index in [9.17, 15) is 4.79 Å². The molecular formula is C15H22N4O. The number of likely N-dealkylation sites (N-methyl/N-ethyl adjacent to an activating group) is 1. The molecule has 2 aliphatic heterocycles. The molecule has 0 unspecified atom stereocenters. The number of carbonyl (C=O) groups excluding carboxylic acids is 1. The maximum absolute atomic E-state index is 12.3. The number of hydrogen-bond acceptors (Lipinski definition) is 4. The van der Waals surface area contributed by atoms with Crippen LogP contribution in [0.3, 0.4) is 0 Å². The number of aromatic nitrogens is 1. The number of hydrogen-bond donors (Lipinski definition) is 1. The molecule has 108 valence electrons. The Balaban J connectivity index is 2.00. The molecule has 1 fully saturated rings. The van der Waals surface area contributed by atoms with Gasteiger partial charge in [0.25, 0.3) is 0 Å². The predicted octanol–water partition coefficient (Wildman–Crippen LogP) is 1.45. The lowest BCUT2D eigenvalue weighted by Crippen LogP contribution is -2.59. The monoisotopic (exact) mass is 274 g/mol. The van der Waals surface area contributed by atoms with Crippen molar-refractivity contribution in [1.82, 2.24) is 9.88 Å². The van der Waals surface area contributed by atoms with Crippen molar-refractivity contribution < 1.29 is 4.79 Å². The zero-order chi connectivity index (χ0) is 14.5. The van der Waals surface area contributed by atoms with Crippen LogP contribution < -0.4 is 10.2 Å². The molecule has 1 aromatic heterocycles. The van der Waals surface area contributed by atoms with Gasteiger partial charge in [-0.25, -0.2) is 4.98 Å². The molecule has 5 nitrogen and oxygen atoms in total. The van der Waals surface area contributed by atoms with E-state index in [0.717, 1.165) is 36.7 Å². The Morgan fingerprint density at radius 3 is 2.80 bits per heavy atom. The summed E-state index contributed by atoms with van der Waals surface area (Å²) >= 11 is 0. The molecule has 1 amide bonds. The number of nitrogens with one attached hydrogen (secondary N) is 1. The minimum absolute atomic E-state index is 0.0335. The second kappa shape index (κ2) is 4.45. The van der Waals surface area contributed by atoms with Crippen LogP contribution in [0.5, 0.6) is 0 Å². The van der Waals surface area contributed by atoms with Crippen molar-refractivity contribution in [2.24, 2.45) is 0 Å². The lowest BCUT2D eigenvalue weighted by Gasteiger charge is -2.43. The van der Waals surface area contributed by atoms with Crippen molar-refractivity contribution in [2.45, 2.75) is 32.2 Å². The summed E-state index contributed by atoms with van der Waals surface area (Å²) in [6.45, 7) is 9.03. The van der Waals surface area contributed by atoms with Crippen molar-refractivity contribution in [3.63, 3.8) is 0 Å². The maximum Gasteiger partial charge on any atom is 0.248 e. The minimum atomic E-state index is -0.116. The lowest BCUT2D eigenvalue weighted by atomic mass is 9.88. The quantitative estimate of drug-likeness (QED) is 0.778. The zero-order valence-electron chi connectivity index (χ0n) is 12.6. The molecule has 1 N–H and O–H groups in total. The number of rotatable bonds is 0. The third kappa shape index (κ3) is 2.16. The van der Waals surface area contributed by atoms with E-state index in [4.69, 9.17) is 0 Å². The van der Waals surface area contributed by atoms with Crippen molar-refractivity contribution in [1.29, 1.82) is 0 Å². The van der Waals surface area contributed by atoms with E-state index < -0.39 is 0 Å². The Kier molecular flexibility index (Phi) is 2.97. The Morgan fingerprint density at radius 2 is 2.10 bits per heavy atom. The summed E-state index contributed by atoms with van der Waals surface area (Å²) in [6.07, 6.45) is 1.94. The van der Waals surface area contributed by atoms with Gasteiger partial charge >= 0.3 is 0 Å². The molecule has 0 aromatic carbocycles. The topological polar surface area (TPSA) is 48.5 Å². The average molecular weight is 274 g/mol. The van der Waals surface area contributed by atoms with E-state index >= 15 is 0 Å². The molecule has 3 heterocycles. The molecule has 5 heteroatoms. The van der Waals surface area contributed by atoms with E-state index in [0.29, 0.717) is 0 Å². The number of piperazine rings is 1. The van der Waals surface area contributed by atoms with Crippen LogP contribution in [0.15, 0.2) is 12.3 Å². The molecule has 0 spiro atoms. The molecule has 1 aromatic rings. The van der Waals surface area contributed by atoms with Crippen LogP contribution in [0, 0.1) is 0 Å². The first-order valence-electron chi connectivity index (χ1n) is 7.13. The van der Waals surface area contributed by atoms with E-state index in [1.165, 1.54) is 0 Å². The minimum Gasteiger partial charge on any atom is -0.340 e. The van der Waals surface area contributed by atoms with Crippen LogP contribution in [0.25, 0.3) is 0 Å². The van der Waals surface area contributed by atoms with Crippen molar-refractivity contribution in [3.05, 3.63) is 17.8 Å². The average Bonchev–Trinajstić information content (AvgIpc) is 2.37. The highest BCUT2D eigenvalue weighted by atomic mass is 16.2. The Labute approximate surface area is 120 Å². The van der Waals surface area contributed by atoms with Gasteiger partial charge in [-0.15, -0.1) is 0 Å². The van der Waals surface area contributed by atoms with Gasteiger partial charge in [-0.05, 0) is 24.1 Å². The second-order valence-electron chi connectivity index (χ2n) is 6.81. The summed E-state index contributed by atoms with van der Waals surface area (Å²) < 4.78 is 0. The Hall–Kier alpha value is -1.62. The van der Waals surface area contributed by atoms with Crippen molar-refractivity contribution in [3.8, 4) is 0 Å². The van der Waals surface area contributed by atoms with E-state index in [-0.39, 0.29) is 17.4 Å². The molecule has 0 aliphatic carbocycles. The van der Waals surface area contributed by atoms with Gasteiger partial charge in [0.15, 0.2) is 5.82 Å². The number of amides is 1. The van der Waals surface area contributed by atoms with E-state index in [1.807, 2.05) is 6.20 Å². The predicted molar refractivity (Wildman–Crippen MR) is 80.2 cm³/mol.